The smallest absolute Gasteiger partial charge is 0.387 e. The molecule has 1 saturated heterocycles. The minimum atomic E-state index is -3.13. The number of hydrogen-bond donors (Lipinski definition) is 3. The summed E-state index contributed by atoms with van der Waals surface area (Å²) in [6.07, 6.45) is 2.13. The van der Waals surface area contributed by atoms with Crippen molar-refractivity contribution >= 4 is 52.0 Å². The number of amides is 3. The summed E-state index contributed by atoms with van der Waals surface area (Å²) in [5.74, 6) is -0.973. The lowest BCUT2D eigenvalue weighted by Gasteiger charge is -2.28. The van der Waals surface area contributed by atoms with Crippen LogP contribution in [0.2, 0.25) is 4.34 Å². The lowest BCUT2D eigenvalue weighted by Crippen LogP contribution is -2.49. The molecule has 13 heteroatoms. The molecule has 0 bridgehead atoms. The van der Waals surface area contributed by atoms with Gasteiger partial charge >= 0.3 is 6.61 Å². The minimum absolute atomic E-state index is 0.00760. The van der Waals surface area contributed by atoms with Gasteiger partial charge in [0.1, 0.15) is 12.6 Å². The minimum Gasteiger partial charge on any atom is -0.433 e. The van der Waals surface area contributed by atoms with Crippen molar-refractivity contribution in [3.63, 3.8) is 0 Å². The number of hydrogen-bond acceptors (Lipinski definition) is 7. The van der Waals surface area contributed by atoms with E-state index in [0.717, 1.165) is 24.2 Å². The quantitative estimate of drug-likeness (QED) is 0.403. The molecule has 1 atom stereocenters. The van der Waals surface area contributed by atoms with Gasteiger partial charge in [0, 0.05) is 24.8 Å². The molecule has 36 heavy (non-hydrogen) atoms. The van der Waals surface area contributed by atoms with Crippen LogP contribution in [0, 0.1) is 5.92 Å². The number of nitrogens with zero attached hydrogens (tertiary/aromatic N) is 1. The van der Waals surface area contributed by atoms with Crippen LogP contribution in [0.5, 0.6) is 5.75 Å². The predicted octanol–water partition coefficient (Wildman–Crippen LogP) is 3.10. The Morgan fingerprint density at radius 1 is 1.25 bits per heavy atom. The molecule has 1 aliphatic carbocycles. The lowest BCUT2D eigenvalue weighted by atomic mass is 10.2. The van der Waals surface area contributed by atoms with Gasteiger partial charge in [-0.2, -0.15) is 8.78 Å². The Bertz CT molecular complexity index is 1110. The van der Waals surface area contributed by atoms with Crippen molar-refractivity contribution in [2.24, 2.45) is 5.92 Å². The molecule has 0 radical (unpaired) electrons. The number of thiophene rings is 1. The molecular weight excluding hydrogens is 518 g/mol. The van der Waals surface area contributed by atoms with E-state index in [-0.39, 0.29) is 55.2 Å². The topological polar surface area (TPSA) is 109 Å². The fourth-order valence-corrected chi connectivity index (χ4v) is 4.57. The normalized spacial score (nSPS) is 16.7. The molecule has 4 rings (SSSR count). The summed E-state index contributed by atoms with van der Waals surface area (Å²) in [6.45, 7) is -2.23. The fraction of sp³-hybridized carbons (Fsp3) is 0.435. The molecule has 0 spiro atoms. The monoisotopic (exact) mass is 542 g/mol. The molecule has 3 N–H and O–H groups in total. The summed E-state index contributed by atoms with van der Waals surface area (Å²) in [4.78, 5) is 39.4. The van der Waals surface area contributed by atoms with Crippen LogP contribution in [0.4, 0.5) is 20.2 Å². The van der Waals surface area contributed by atoms with E-state index in [2.05, 4.69) is 20.7 Å². The van der Waals surface area contributed by atoms with Crippen molar-refractivity contribution in [1.82, 2.24) is 10.6 Å². The molecule has 9 nitrogen and oxygen atoms in total. The van der Waals surface area contributed by atoms with E-state index in [1.54, 1.807) is 12.1 Å². The molecule has 1 aromatic carbocycles. The zero-order valence-electron chi connectivity index (χ0n) is 19.1. The second kappa shape index (κ2) is 12.0. The van der Waals surface area contributed by atoms with Gasteiger partial charge in [-0.1, -0.05) is 11.6 Å². The molecule has 2 heterocycles. The van der Waals surface area contributed by atoms with Gasteiger partial charge in [0.15, 0.2) is 5.75 Å². The number of halogens is 3. The standard InChI is InChI=1S/C23H25ClF2N4O5S/c24-19-6-5-18(36-19)22(33)28-11-15(27-10-13-1-2-13)21(32)29-14-3-4-16(17(9-14)35-23(25)26)30-7-8-34-12-20(30)31/h3-6,9,13,15,23,27H,1-2,7-8,10-12H2,(H,28,33)(H,29,32)/t15-/m0/s1. The van der Waals surface area contributed by atoms with Crippen molar-refractivity contribution in [2.75, 3.05) is 43.1 Å². The van der Waals surface area contributed by atoms with Gasteiger partial charge in [-0.05, 0) is 49.6 Å². The summed E-state index contributed by atoms with van der Waals surface area (Å²) in [5, 5.41) is 8.57. The first-order chi connectivity index (χ1) is 17.3. The number of carbonyl (C=O) groups excluding carboxylic acids is 3. The Kier molecular flexibility index (Phi) is 8.72. The zero-order valence-corrected chi connectivity index (χ0v) is 20.7. The maximum absolute atomic E-state index is 13.1. The van der Waals surface area contributed by atoms with Gasteiger partial charge in [-0.25, -0.2) is 0 Å². The van der Waals surface area contributed by atoms with Crippen LogP contribution >= 0.6 is 22.9 Å². The highest BCUT2D eigenvalue weighted by molar-refractivity contribution is 7.18. The first-order valence-corrected chi connectivity index (χ1v) is 12.5. The van der Waals surface area contributed by atoms with Crippen LogP contribution in [0.3, 0.4) is 0 Å². The fourth-order valence-electron chi connectivity index (χ4n) is 3.61. The first-order valence-electron chi connectivity index (χ1n) is 11.3. The summed E-state index contributed by atoms with van der Waals surface area (Å²) in [5.41, 5.74) is 0.363. The van der Waals surface area contributed by atoms with E-state index >= 15 is 0 Å². The molecule has 0 unspecified atom stereocenters. The van der Waals surface area contributed by atoms with Crippen molar-refractivity contribution < 1.29 is 32.6 Å². The lowest BCUT2D eigenvalue weighted by molar-refractivity contribution is -0.125. The van der Waals surface area contributed by atoms with Gasteiger partial charge in [0.25, 0.3) is 11.8 Å². The van der Waals surface area contributed by atoms with Crippen LogP contribution in [0.1, 0.15) is 22.5 Å². The third-order valence-corrected chi connectivity index (χ3v) is 6.88. The SMILES string of the molecule is O=C(NC[C@H](NCC1CC1)C(=O)Nc1ccc(N2CCOCC2=O)c(OC(F)F)c1)c1ccc(Cl)s1. The van der Waals surface area contributed by atoms with Crippen LogP contribution in [-0.2, 0) is 14.3 Å². The second-order valence-electron chi connectivity index (χ2n) is 8.37. The van der Waals surface area contributed by atoms with Gasteiger partial charge < -0.3 is 30.3 Å². The van der Waals surface area contributed by atoms with E-state index in [1.807, 2.05) is 0 Å². The Morgan fingerprint density at radius 3 is 2.72 bits per heavy atom. The molecule has 3 amide bonds. The maximum atomic E-state index is 13.1. The number of rotatable bonds is 11. The average molecular weight is 543 g/mol. The van der Waals surface area contributed by atoms with E-state index < -0.39 is 18.6 Å². The summed E-state index contributed by atoms with van der Waals surface area (Å²) in [7, 11) is 0. The molecule has 194 valence electrons. The molecule has 1 saturated carbocycles. The van der Waals surface area contributed by atoms with E-state index in [0.29, 0.717) is 21.7 Å². The van der Waals surface area contributed by atoms with Crippen molar-refractivity contribution in [2.45, 2.75) is 25.5 Å². The average Bonchev–Trinajstić information content (AvgIpc) is 3.57. The molecule has 2 aromatic rings. The highest BCUT2D eigenvalue weighted by Gasteiger charge is 2.27. The highest BCUT2D eigenvalue weighted by Crippen LogP contribution is 2.34. The van der Waals surface area contributed by atoms with E-state index in [4.69, 9.17) is 16.3 Å². The van der Waals surface area contributed by atoms with Gasteiger partial charge in [0.2, 0.25) is 5.91 Å². The number of anilines is 2. The predicted molar refractivity (Wildman–Crippen MR) is 131 cm³/mol. The Labute approximate surface area is 215 Å². The van der Waals surface area contributed by atoms with Crippen molar-refractivity contribution in [3.8, 4) is 5.75 Å². The number of alkyl halides is 2. The number of morpholine rings is 1. The molecule has 1 aromatic heterocycles. The highest BCUT2D eigenvalue weighted by atomic mass is 35.5. The van der Waals surface area contributed by atoms with Gasteiger partial charge in [-0.15, -0.1) is 11.3 Å². The van der Waals surface area contributed by atoms with Crippen molar-refractivity contribution in [3.05, 3.63) is 39.5 Å². The molecule has 1 aliphatic heterocycles. The Hall–Kier alpha value is -2.80. The first kappa shape index (κ1) is 26.3. The third-order valence-electron chi connectivity index (χ3n) is 5.65. The van der Waals surface area contributed by atoms with E-state index in [1.165, 1.54) is 23.1 Å². The van der Waals surface area contributed by atoms with Crippen LogP contribution < -0.4 is 25.6 Å². The van der Waals surface area contributed by atoms with Crippen LogP contribution in [0.15, 0.2) is 30.3 Å². The summed E-state index contributed by atoms with van der Waals surface area (Å²) in [6, 6.07) is 6.62. The number of carbonyl (C=O) groups is 3. The Balaban J connectivity index is 1.46. The number of ether oxygens (including phenoxy) is 2. The molecule has 2 aliphatic rings. The Morgan fingerprint density at radius 2 is 2.06 bits per heavy atom. The zero-order chi connectivity index (χ0) is 25.7. The van der Waals surface area contributed by atoms with Gasteiger partial charge in [0.05, 0.1) is 21.5 Å². The van der Waals surface area contributed by atoms with Crippen molar-refractivity contribution in [1.29, 1.82) is 0 Å². The van der Waals surface area contributed by atoms with Crippen LogP contribution in [0.25, 0.3) is 0 Å². The third kappa shape index (κ3) is 7.12. The largest absolute Gasteiger partial charge is 0.433 e. The van der Waals surface area contributed by atoms with E-state index in [9.17, 15) is 23.2 Å². The summed E-state index contributed by atoms with van der Waals surface area (Å²) >= 11 is 7.02. The summed E-state index contributed by atoms with van der Waals surface area (Å²) < 4.78 is 36.4. The maximum Gasteiger partial charge on any atom is 0.387 e. The molecular formula is C23H25ClF2N4O5S. The second-order valence-corrected chi connectivity index (χ2v) is 10.1. The van der Waals surface area contributed by atoms with Crippen LogP contribution in [-0.4, -0.2) is 63.2 Å². The van der Waals surface area contributed by atoms with Gasteiger partial charge in [-0.3, -0.25) is 14.4 Å². The number of benzene rings is 1. The molecule has 2 fully saturated rings. The number of nitrogens with one attached hydrogen (secondary N) is 3.